The lowest BCUT2D eigenvalue weighted by molar-refractivity contribution is 0.162. The summed E-state index contributed by atoms with van der Waals surface area (Å²) in [6, 6.07) is 0. The average Bonchev–Trinajstić information content (AvgIpc) is 2.01. The monoisotopic (exact) mass is 159 g/mol. The summed E-state index contributed by atoms with van der Waals surface area (Å²) < 4.78 is 4.97. The summed E-state index contributed by atoms with van der Waals surface area (Å²) >= 11 is 0. The van der Waals surface area contributed by atoms with Crippen LogP contribution in [0.1, 0.15) is 13.3 Å². The van der Waals surface area contributed by atoms with Gasteiger partial charge in [-0.05, 0) is 5.92 Å². The zero-order chi connectivity index (χ0) is 8.69. The quantitative estimate of drug-likeness (QED) is 0.266. The Morgan fingerprint density at radius 1 is 1.73 bits per heavy atom. The minimum Gasteiger partial charge on any atom is -0.384 e. The largest absolute Gasteiger partial charge is 0.384 e. The van der Waals surface area contributed by atoms with Crippen LogP contribution in [0.15, 0.2) is 4.99 Å². The second kappa shape index (κ2) is 6.12. The van der Waals surface area contributed by atoms with Crippen molar-refractivity contribution in [3.8, 4) is 0 Å². The van der Waals surface area contributed by atoms with Crippen LogP contribution < -0.4 is 11.3 Å². The van der Waals surface area contributed by atoms with Crippen molar-refractivity contribution in [2.75, 3.05) is 20.8 Å². The van der Waals surface area contributed by atoms with Crippen molar-refractivity contribution in [2.24, 2.45) is 16.8 Å². The second-order valence-electron chi connectivity index (χ2n) is 2.58. The summed E-state index contributed by atoms with van der Waals surface area (Å²) in [5.74, 6) is 6.47. The van der Waals surface area contributed by atoms with E-state index in [0.29, 0.717) is 5.92 Å². The maximum atomic E-state index is 5.21. The molecule has 1 atom stereocenters. The van der Waals surface area contributed by atoms with Crippen LogP contribution in [-0.2, 0) is 4.74 Å². The van der Waals surface area contributed by atoms with E-state index in [1.54, 1.807) is 14.2 Å². The average molecular weight is 159 g/mol. The Bertz CT molecular complexity index is 125. The summed E-state index contributed by atoms with van der Waals surface area (Å²) in [5.41, 5.74) is 2.54. The fraction of sp³-hybridized carbons (Fsp3) is 0.857. The molecule has 0 saturated heterocycles. The Morgan fingerprint density at radius 3 is 2.73 bits per heavy atom. The van der Waals surface area contributed by atoms with Crippen molar-refractivity contribution in [2.45, 2.75) is 13.3 Å². The van der Waals surface area contributed by atoms with Gasteiger partial charge in [0.1, 0.15) is 5.84 Å². The fourth-order valence-corrected chi connectivity index (χ4v) is 0.888. The van der Waals surface area contributed by atoms with Gasteiger partial charge in [0.15, 0.2) is 0 Å². The molecule has 66 valence electrons. The highest BCUT2D eigenvalue weighted by Gasteiger charge is 2.04. The van der Waals surface area contributed by atoms with Gasteiger partial charge < -0.3 is 10.2 Å². The van der Waals surface area contributed by atoms with E-state index in [4.69, 9.17) is 10.6 Å². The summed E-state index contributed by atoms with van der Waals surface area (Å²) in [4.78, 5) is 3.95. The first-order valence-electron chi connectivity index (χ1n) is 3.65. The number of ether oxygens (including phenoxy) is 1. The number of hydrogen-bond acceptors (Lipinski definition) is 3. The van der Waals surface area contributed by atoms with Crippen LogP contribution in [0.5, 0.6) is 0 Å². The highest BCUT2D eigenvalue weighted by Crippen LogP contribution is 2.01. The van der Waals surface area contributed by atoms with Crippen LogP contribution in [0.4, 0.5) is 0 Å². The Hall–Kier alpha value is -0.610. The Balaban J connectivity index is 3.63. The summed E-state index contributed by atoms with van der Waals surface area (Å²) in [5, 5.41) is 0. The fourth-order valence-electron chi connectivity index (χ4n) is 0.888. The third kappa shape index (κ3) is 4.75. The van der Waals surface area contributed by atoms with E-state index < -0.39 is 0 Å². The molecule has 0 aromatic carbocycles. The lowest BCUT2D eigenvalue weighted by Crippen LogP contribution is -2.32. The SMILES string of the molecule is CN=C(CC(C)COC)NN. The Morgan fingerprint density at radius 2 is 2.36 bits per heavy atom. The van der Waals surface area contributed by atoms with E-state index in [0.717, 1.165) is 18.9 Å². The number of rotatable bonds is 4. The number of amidine groups is 1. The van der Waals surface area contributed by atoms with Crippen LogP contribution >= 0.6 is 0 Å². The lowest BCUT2D eigenvalue weighted by atomic mass is 10.1. The number of aliphatic imine (C=N–C) groups is 1. The molecule has 0 aliphatic rings. The third-order valence-electron chi connectivity index (χ3n) is 1.43. The summed E-state index contributed by atoms with van der Waals surface area (Å²) in [6.45, 7) is 2.83. The number of methoxy groups -OCH3 is 1. The molecule has 0 aliphatic heterocycles. The molecule has 0 rings (SSSR count). The van der Waals surface area contributed by atoms with Gasteiger partial charge in [-0.25, -0.2) is 5.84 Å². The van der Waals surface area contributed by atoms with Crippen LogP contribution in [0.25, 0.3) is 0 Å². The van der Waals surface area contributed by atoms with Crippen LogP contribution in [0, 0.1) is 5.92 Å². The van der Waals surface area contributed by atoms with E-state index in [-0.39, 0.29) is 0 Å². The first-order chi connectivity index (χ1) is 5.24. The molecular formula is C7H17N3O. The Labute approximate surface area is 67.8 Å². The maximum Gasteiger partial charge on any atom is 0.110 e. The minimum atomic E-state index is 0.453. The van der Waals surface area contributed by atoms with Crippen LogP contribution in [0.2, 0.25) is 0 Å². The van der Waals surface area contributed by atoms with Crippen LogP contribution in [-0.4, -0.2) is 26.6 Å². The van der Waals surface area contributed by atoms with Gasteiger partial charge in [-0.15, -0.1) is 0 Å². The molecule has 11 heavy (non-hydrogen) atoms. The molecule has 4 heteroatoms. The van der Waals surface area contributed by atoms with Crippen molar-refractivity contribution < 1.29 is 4.74 Å². The van der Waals surface area contributed by atoms with Gasteiger partial charge in [-0.2, -0.15) is 0 Å². The second-order valence-corrected chi connectivity index (χ2v) is 2.58. The van der Waals surface area contributed by atoms with E-state index in [1.165, 1.54) is 0 Å². The molecule has 4 nitrogen and oxygen atoms in total. The van der Waals surface area contributed by atoms with Crippen molar-refractivity contribution in [1.82, 2.24) is 5.43 Å². The molecule has 0 spiro atoms. The van der Waals surface area contributed by atoms with Gasteiger partial charge in [0.05, 0.1) is 0 Å². The molecule has 0 amide bonds. The van der Waals surface area contributed by atoms with E-state index >= 15 is 0 Å². The molecule has 1 unspecified atom stereocenters. The number of nitrogens with one attached hydrogen (secondary N) is 1. The topological polar surface area (TPSA) is 59.6 Å². The predicted molar refractivity (Wildman–Crippen MR) is 46.3 cm³/mol. The third-order valence-corrected chi connectivity index (χ3v) is 1.43. The maximum absolute atomic E-state index is 5.21. The molecule has 0 aliphatic carbocycles. The molecular weight excluding hydrogens is 142 g/mol. The molecule has 0 heterocycles. The molecule has 0 aromatic rings. The molecule has 0 radical (unpaired) electrons. The minimum absolute atomic E-state index is 0.453. The van der Waals surface area contributed by atoms with Gasteiger partial charge in [0.25, 0.3) is 0 Å². The number of hydrogen-bond donors (Lipinski definition) is 2. The van der Waals surface area contributed by atoms with Crippen molar-refractivity contribution in [1.29, 1.82) is 0 Å². The van der Waals surface area contributed by atoms with Gasteiger partial charge in [0, 0.05) is 27.2 Å². The van der Waals surface area contributed by atoms with Gasteiger partial charge >= 0.3 is 0 Å². The van der Waals surface area contributed by atoms with Crippen molar-refractivity contribution in [3.05, 3.63) is 0 Å². The lowest BCUT2D eigenvalue weighted by Gasteiger charge is -2.10. The van der Waals surface area contributed by atoms with Crippen LogP contribution in [0.3, 0.4) is 0 Å². The summed E-state index contributed by atoms with van der Waals surface area (Å²) in [6.07, 6.45) is 0.834. The highest BCUT2D eigenvalue weighted by atomic mass is 16.5. The van der Waals surface area contributed by atoms with E-state index in [9.17, 15) is 0 Å². The smallest absolute Gasteiger partial charge is 0.110 e. The van der Waals surface area contributed by atoms with Gasteiger partial charge in [-0.3, -0.25) is 4.99 Å². The first-order valence-corrected chi connectivity index (χ1v) is 3.65. The zero-order valence-corrected chi connectivity index (χ0v) is 7.42. The van der Waals surface area contributed by atoms with E-state index in [1.807, 2.05) is 0 Å². The number of nitrogens with zero attached hydrogens (tertiary/aromatic N) is 1. The molecule has 0 saturated carbocycles. The number of nitrogens with two attached hydrogens (primary N) is 1. The van der Waals surface area contributed by atoms with Crippen molar-refractivity contribution in [3.63, 3.8) is 0 Å². The predicted octanol–water partition coefficient (Wildman–Crippen LogP) is 0.151. The Kier molecular flexibility index (Phi) is 5.78. The normalized spacial score (nSPS) is 14.7. The highest BCUT2D eigenvalue weighted by molar-refractivity contribution is 5.81. The molecule has 3 N–H and O–H groups in total. The summed E-state index contributed by atoms with van der Waals surface area (Å²) in [7, 11) is 3.41. The molecule has 0 fully saturated rings. The van der Waals surface area contributed by atoms with Gasteiger partial charge in [0.2, 0.25) is 0 Å². The van der Waals surface area contributed by atoms with Crippen molar-refractivity contribution >= 4 is 5.84 Å². The van der Waals surface area contributed by atoms with E-state index in [2.05, 4.69) is 17.3 Å². The standard InChI is InChI=1S/C7H17N3O/c1-6(5-11-3)4-7(9-2)10-8/h6H,4-5,8H2,1-3H3,(H,9,10). The molecule has 0 aromatic heterocycles. The number of hydrazine groups is 1. The molecule has 0 bridgehead atoms. The van der Waals surface area contributed by atoms with Gasteiger partial charge in [-0.1, -0.05) is 6.92 Å². The first kappa shape index (κ1) is 10.4. The zero-order valence-electron chi connectivity index (χ0n) is 7.42.